The third kappa shape index (κ3) is 5.42. The molecule has 0 saturated carbocycles. The van der Waals surface area contributed by atoms with Crippen molar-refractivity contribution in [3.05, 3.63) is 29.8 Å². The quantitative estimate of drug-likeness (QED) is 0.803. The second-order valence-corrected chi connectivity index (χ2v) is 8.15. The Balaban J connectivity index is 2.14. The van der Waals surface area contributed by atoms with E-state index in [2.05, 4.69) is 73.9 Å². The van der Waals surface area contributed by atoms with Gasteiger partial charge in [0.05, 0.1) is 6.10 Å². The van der Waals surface area contributed by atoms with Crippen molar-refractivity contribution in [2.24, 2.45) is 0 Å². The monoisotopic (exact) mass is 325 g/mol. The first kappa shape index (κ1) is 17.0. The van der Waals surface area contributed by atoms with Crippen LogP contribution in [0.4, 0.5) is 0 Å². The Bertz CT molecular complexity index is 419. The van der Waals surface area contributed by atoms with Crippen LogP contribution in [-0.4, -0.2) is 35.2 Å². The molecule has 1 aromatic rings. The first-order valence-electron chi connectivity index (χ1n) is 7.90. The molecule has 1 aromatic carbocycles. The van der Waals surface area contributed by atoms with Gasteiger partial charge in [-0.25, -0.2) is 0 Å². The molecule has 0 radical (unpaired) electrons. The summed E-state index contributed by atoms with van der Waals surface area (Å²) in [4.78, 5) is 0. The van der Waals surface area contributed by atoms with E-state index in [-0.39, 0.29) is 6.10 Å². The van der Waals surface area contributed by atoms with Crippen molar-refractivity contribution in [3.8, 4) is 5.75 Å². The smallest absolute Gasteiger partial charge is 0.120 e. The molecule has 0 aromatic heterocycles. The average Bonchev–Trinajstić information content (AvgIpc) is 2.48. The van der Waals surface area contributed by atoms with Gasteiger partial charge in [-0.2, -0.15) is 23.5 Å². The molecule has 1 saturated heterocycles. The predicted molar refractivity (Wildman–Crippen MR) is 96.8 cm³/mol. The van der Waals surface area contributed by atoms with Crippen molar-refractivity contribution >= 4 is 23.5 Å². The third-order valence-corrected chi connectivity index (χ3v) is 6.28. The topological polar surface area (TPSA) is 21.3 Å². The molecule has 0 amide bonds. The molecule has 1 N–H and O–H groups in total. The fraction of sp³-hybridized carbons (Fsp3) is 0.647. The maximum atomic E-state index is 5.86. The molecule has 4 heteroatoms. The SMILES string of the molecule is CCCNC(c1cccc(OC(C)C)c1)C1CSCCS1. The summed E-state index contributed by atoms with van der Waals surface area (Å²) < 4.78 is 5.86. The number of nitrogens with one attached hydrogen (secondary N) is 1. The zero-order chi connectivity index (χ0) is 15.1. The van der Waals surface area contributed by atoms with E-state index >= 15 is 0 Å². The minimum absolute atomic E-state index is 0.224. The molecular formula is C17H27NOS2. The molecule has 21 heavy (non-hydrogen) atoms. The maximum Gasteiger partial charge on any atom is 0.120 e. The Kier molecular flexibility index (Phi) is 7.27. The molecule has 1 aliphatic heterocycles. The summed E-state index contributed by atoms with van der Waals surface area (Å²) in [5.41, 5.74) is 1.36. The Labute approximate surface area is 137 Å². The zero-order valence-corrected chi connectivity index (χ0v) is 14.9. The first-order valence-corrected chi connectivity index (χ1v) is 10.1. The van der Waals surface area contributed by atoms with Crippen LogP contribution in [0.1, 0.15) is 38.8 Å². The van der Waals surface area contributed by atoms with Crippen molar-refractivity contribution in [2.45, 2.75) is 44.6 Å². The summed E-state index contributed by atoms with van der Waals surface area (Å²) in [6.45, 7) is 7.45. The lowest BCUT2D eigenvalue weighted by Crippen LogP contribution is -2.34. The van der Waals surface area contributed by atoms with Crippen molar-refractivity contribution < 1.29 is 4.74 Å². The van der Waals surface area contributed by atoms with Gasteiger partial charge in [-0.05, 0) is 44.5 Å². The summed E-state index contributed by atoms with van der Waals surface area (Å²) in [6, 6.07) is 9.06. The Morgan fingerprint density at radius 2 is 2.19 bits per heavy atom. The average molecular weight is 326 g/mol. The van der Waals surface area contributed by atoms with Gasteiger partial charge < -0.3 is 10.1 Å². The van der Waals surface area contributed by atoms with Crippen molar-refractivity contribution in [3.63, 3.8) is 0 Å². The Hall–Kier alpha value is -0.320. The van der Waals surface area contributed by atoms with E-state index in [1.54, 1.807) is 0 Å². The number of hydrogen-bond donors (Lipinski definition) is 1. The molecule has 2 atom stereocenters. The lowest BCUT2D eigenvalue weighted by Gasteiger charge is -2.31. The molecule has 118 valence electrons. The van der Waals surface area contributed by atoms with Crippen LogP contribution in [0.3, 0.4) is 0 Å². The molecule has 0 aliphatic carbocycles. The van der Waals surface area contributed by atoms with Crippen LogP contribution in [-0.2, 0) is 0 Å². The van der Waals surface area contributed by atoms with Gasteiger partial charge in [0, 0.05) is 28.6 Å². The van der Waals surface area contributed by atoms with E-state index in [0.29, 0.717) is 11.3 Å². The first-order chi connectivity index (χ1) is 10.2. The van der Waals surface area contributed by atoms with Gasteiger partial charge in [0.25, 0.3) is 0 Å². The second kappa shape index (κ2) is 8.96. The molecular weight excluding hydrogens is 298 g/mol. The molecule has 0 bridgehead atoms. The maximum absolute atomic E-state index is 5.86. The molecule has 2 unspecified atom stereocenters. The van der Waals surface area contributed by atoms with Crippen molar-refractivity contribution in [1.82, 2.24) is 5.32 Å². The number of thioether (sulfide) groups is 2. The van der Waals surface area contributed by atoms with E-state index < -0.39 is 0 Å². The van der Waals surface area contributed by atoms with Gasteiger partial charge in [-0.15, -0.1) is 0 Å². The Morgan fingerprint density at radius 3 is 2.86 bits per heavy atom. The Morgan fingerprint density at radius 1 is 1.33 bits per heavy atom. The molecule has 2 rings (SSSR count). The summed E-state index contributed by atoms with van der Waals surface area (Å²) in [5.74, 6) is 4.78. The summed E-state index contributed by atoms with van der Waals surface area (Å²) in [5, 5.41) is 4.40. The number of rotatable bonds is 7. The molecule has 2 nitrogen and oxygen atoms in total. The molecule has 1 heterocycles. The molecule has 1 fully saturated rings. The van der Waals surface area contributed by atoms with E-state index in [1.165, 1.54) is 29.2 Å². The lowest BCUT2D eigenvalue weighted by atomic mass is 10.0. The molecule has 1 aliphatic rings. The van der Waals surface area contributed by atoms with Gasteiger partial charge in [0.2, 0.25) is 0 Å². The minimum atomic E-state index is 0.224. The van der Waals surface area contributed by atoms with Crippen LogP contribution in [0, 0.1) is 0 Å². The van der Waals surface area contributed by atoms with Crippen molar-refractivity contribution in [2.75, 3.05) is 23.8 Å². The lowest BCUT2D eigenvalue weighted by molar-refractivity contribution is 0.242. The number of hydrogen-bond acceptors (Lipinski definition) is 4. The third-order valence-electron chi connectivity index (χ3n) is 3.42. The van der Waals surface area contributed by atoms with Gasteiger partial charge >= 0.3 is 0 Å². The van der Waals surface area contributed by atoms with Crippen LogP contribution in [0.15, 0.2) is 24.3 Å². The zero-order valence-electron chi connectivity index (χ0n) is 13.3. The standard InChI is InChI=1S/C17H27NOS2/c1-4-8-18-17(16-12-20-9-10-21-16)14-6-5-7-15(11-14)19-13(2)3/h5-7,11,13,16-18H,4,8-10,12H2,1-3H3. The van der Waals surface area contributed by atoms with E-state index in [4.69, 9.17) is 4.74 Å². The highest BCUT2D eigenvalue weighted by atomic mass is 32.2. The van der Waals surface area contributed by atoms with Gasteiger partial charge in [-0.3, -0.25) is 0 Å². The van der Waals surface area contributed by atoms with Gasteiger partial charge in [-0.1, -0.05) is 19.1 Å². The van der Waals surface area contributed by atoms with E-state index in [9.17, 15) is 0 Å². The second-order valence-electron chi connectivity index (χ2n) is 5.66. The predicted octanol–water partition coefficient (Wildman–Crippen LogP) is 4.36. The van der Waals surface area contributed by atoms with Gasteiger partial charge in [0.1, 0.15) is 5.75 Å². The fourth-order valence-corrected chi connectivity index (χ4v) is 5.39. The highest BCUT2D eigenvalue weighted by molar-refractivity contribution is 8.06. The highest BCUT2D eigenvalue weighted by Crippen LogP contribution is 2.34. The van der Waals surface area contributed by atoms with Crippen LogP contribution >= 0.6 is 23.5 Å². The molecule has 0 spiro atoms. The minimum Gasteiger partial charge on any atom is -0.491 e. The van der Waals surface area contributed by atoms with Gasteiger partial charge in [0.15, 0.2) is 0 Å². The normalized spacial score (nSPS) is 20.5. The van der Waals surface area contributed by atoms with Crippen LogP contribution in [0.2, 0.25) is 0 Å². The summed E-state index contributed by atoms with van der Waals surface area (Å²) in [7, 11) is 0. The van der Waals surface area contributed by atoms with E-state index in [1.807, 2.05) is 0 Å². The van der Waals surface area contributed by atoms with Crippen molar-refractivity contribution in [1.29, 1.82) is 0 Å². The summed E-state index contributed by atoms with van der Waals surface area (Å²) in [6.07, 6.45) is 1.39. The summed E-state index contributed by atoms with van der Waals surface area (Å²) >= 11 is 4.19. The number of ether oxygens (including phenoxy) is 1. The largest absolute Gasteiger partial charge is 0.491 e. The van der Waals surface area contributed by atoms with E-state index in [0.717, 1.165) is 12.3 Å². The van der Waals surface area contributed by atoms with Crippen LogP contribution in [0.25, 0.3) is 0 Å². The van der Waals surface area contributed by atoms with Crippen LogP contribution < -0.4 is 10.1 Å². The highest BCUT2D eigenvalue weighted by Gasteiger charge is 2.25. The number of benzene rings is 1. The fourth-order valence-electron chi connectivity index (χ4n) is 2.52. The van der Waals surface area contributed by atoms with Crippen LogP contribution in [0.5, 0.6) is 5.75 Å².